The van der Waals surface area contributed by atoms with Crippen LogP contribution in [0.15, 0.2) is 54.2 Å². The van der Waals surface area contributed by atoms with Crippen molar-refractivity contribution in [3.8, 4) is 16.3 Å². The van der Waals surface area contributed by atoms with Crippen LogP contribution in [0.4, 0.5) is 0 Å². The average molecular weight is 331 g/mol. The van der Waals surface area contributed by atoms with Crippen molar-refractivity contribution in [1.29, 1.82) is 0 Å². The predicted molar refractivity (Wildman–Crippen MR) is 86.1 cm³/mol. The smallest absolute Gasteiger partial charge is 0.317 e. The van der Waals surface area contributed by atoms with E-state index in [1.807, 2.05) is 17.5 Å². The SMILES string of the molecule is O=C(Cc1csc(-c2cccnc2)n1)Oc1ccc(Cl)cc1. The van der Waals surface area contributed by atoms with Crippen LogP contribution in [0.1, 0.15) is 5.69 Å². The highest BCUT2D eigenvalue weighted by atomic mass is 35.5. The molecule has 0 saturated carbocycles. The number of carbonyl (C=O) groups is 1. The van der Waals surface area contributed by atoms with Crippen molar-refractivity contribution in [2.24, 2.45) is 0 Å². The topological polar surface area (TPSA) is 52.1 Å². The summed E-state index contributed by atoms with van der Waals surface area (Å²) in [6.07, 6.45) is 3.58. The zero-order valence-electron chi connectivity index (χ0n) is 11.4. The molecule has 0 saturated heterocycles. The third-order valence-electron chi connectivity index (χ3n) is 2.83. The lowest BCUT2D eigenvalue weighted by Gasteiger charge is -2.02. The Kier molecular flexibility index (Phi) is 4.46. The number of aromatic nitrogens is 2. The Morgan fingerprint density at radius 1 is 1.23 bits per heavy atom. The maximum atomic E-state index is 11.9. The summed E-state index contributed by atoms with van der Waals surface area (Å²) >= 11 is 7.26. The Bertz CT molecular complexity index is 772. The second kappa shape index (κ2) is 6.68. The molecule has 0 radical (unpaired) electrons. The van der Waals surface area contributed by atoms with E-state index in [2.05, 4.69) is 9.97 Å². The maximum Gasteiger partial charge on any atom is 0.317 e. The van der Waals surface area contributed by atoms with Gasteiger partial charge in [-0.1, -0.05) is 11.6 Å². The van der Waals surface area contributed by atoms with Gasteiger partial charge in [-0.25, -0.2) is 4.98 Å². The summed E-state index contributed by atoms with van der Waals surface area (Å²) in [5.41, 5.74) is 1.62. The van der Waals surface area contributed by atoms with E-state index in [1.54, 1.807) is 36.7 Å². The van der Waals surface area contributed by atoms with Gasteiger partial charge in [0, 0.05) is 28.4 Å². The molecule has 0 unspecified atom stereocenters. The molecular formula is C16H11ClN2O2S. The second-order valence-electron chi connectivity index (χ2n) is 4.49. The van der Waals surface area contributed by atoms with Gasteiger partial charge in [-0.3, -0.25) is 9.78 Å². The van der Waals surface area contributed by atoms with Gasteiger partial charge in [0.15, 0.2) is 0 Å². The molecule has 0 aliphatic carbocycles. The summed E-state index contributed by atoms with van der Waals surface area (Å²) in [6, 6.07) is 10.4. The van der Waals surface area contributed by atoms with Gasteiger partial charge < -0.3 is 4.74 Å². The first-order chi connectivity index (χ1) is 10.7. The van der Waals surface area contributed by atoms with Crippen LogP contribution in [0.5, 0.6) is 5.75 Å². The molecule has 3 rings (SSSR count). The van der Waals surface area contributed by atoms with Crippen molar-refractivity contribution in [2.75, 3.05) is 0 Å². The van der Waals surface area contributed by atoms with Crippen LogP contribution in [-0.4, -0.2) is 15.9 Å². The Balaban J connectivity index is 1.65. The Hall–Kier alpha value is -2.24. The van der Waals surface area contributed by atoms with Crippen molar-refractivity contribution in [3.05, 3.63) is 64.9 Å². The number of halogens is 1. The van der Waals surface area contributed by atoms with E-state index in [9.17, 15) is 4.79 Å². The molecule has 2 heterocycles. The van der Waals surface area contributed by atoms with Crippen LogP contribution in [-0.2, 0) is 11.2 Å². The number of thiazole rings is 1. The first kappa shape index (κ1) is 14.7. The number of hydrogen-bond donors (Lipinski definition) is 0. The van der Waals surface area contributed by atoms with E-state index < -0.39 is 0 Å². The van der Waals surface area contributed by atoms with Gasteiger partial charge in [0.25, 0.3) is 0 Å². The molecule has 22 heavy (non-hydrogen) atoms. The van der Waals surface area contributed by atoms with Crippen LogP contribution in [0.25, 0.3) is 10.6 Å². The third kappa shape index (κ3) is 3.69. The Labute approximate surface area is 136 Å². The number of nitrogens with zero attached hydrogens (tertiary/aromatic N) is 2. The van der Waals surface area contributed by atoms with Gasteiger partial charge in [0.05, 0.1) is 12.1 Å². The van der Waals surface area contributed by atoms with Gasteiger partial charge in [0.1, 0.15) is 10.8 Å². The number of pyridine rings is 1. The van der Waals surface area contributed by atoms with Crippen LogP contribution >= 0.6 is 22.9 Å². The first-order valence-electron chi connectivity index (χ1n) is 6.52. The zero-order chi connectivity index (χ0) is 15.4. The lowest BCUT2D eigenvalue weighted by Crippen LogP contribution is -2.11. The van der Waals surface area contributed by atoms with Crippen LogP contribution in [0.2, 0.25) is 5.02 Å². The van der Waals surface area contributed by atoms with Gasteiger partial charge in [-0.15, -0.1) is 11.3 Å². The van der Waals surface area contributed by atoms with Crippen molar-refractivity contribution in [3.63, 3.8) is 0 Å². The molecule has 0 aliphatic heterocycles. The van der Waals surface area contributed by atoms with E-state index in [1.165, 1.54) is 11.3 Å². The molecule has 6 heteroatoms. The minimum atomic E-state index is -0.356. The molecule has 0 amide bonds. The van der Waals surface area contributed by atoms with Crippen molar-refractivity contribution >= 4 is 28.9 Å². The number of carbonyl (C=O) groups excluding carboxylic acids is 1. The molecule has 4 nitrogen and oxygen atoms in total. The standard InChI is InChI=1S/C16H11ClN2O2S/c17-12-3-5-14(6-4-12)21-15(20)8-13-10-22-16(19-13)11-2-1-7-18-9-11/h1-7,9-10H,8H2. The third-order valence-corrected chi connectivity index (χ3v) is 4.02. The first-order valence-corrected chi connectivity index (χ1v) is 7.77. The van der Waals surface area contributed by atoms with E-state index in [-0.39, 0.29) is 12.4 Å². The molecule has 1 aromatic carbocycles. The van der Waals surface area contributed by atoms with Crippen LogP contribution in [0.3, 0.4) is 0 Å². The number of rotatable bonds is 4. The quantitative estimate of drug-likeness (QED) is 0.536. The van der Waals surface area contributed by atoms with Gasteiger partial charge in [0.2, 0.25) is 0 Å². The van der Waals surface area contributed by atoms with E-state index in [4.69, 9.17) is 16.3 Å². The average Bonchev–Trinajstić information content (AvgIpc) is 2.99. The van der Waals surface area contributed by atoms with Gasteiger partial charge in [-0.05, 0) is 36.4 Å². The van der Waals surface area contributed by atoms with Gasteiger partial charge >= 0.3 is 5.97 Å². The fourth-order valence-electron chi connectivity index (χ4n) is 1.83. The molecule has 0 N–H and O–H groups in total. The number of hydrogen-bond acceptors (Lipinski definition) is 5. The van der Waals surface area contributed by atoms with Crippen molar-refractivity contribution in [1.82, 2.24) is 9.97 Å². The largest absolute Gasteiger partial charge is 0.426 e. The summed E-state index contributed by atoms with van der Waals surface area (Å²) in [4.78, 5) is 20.4. The van der Waals surface area contributed by atoms with Gasteiger partial charge in [-0.2, -0.15) is 0 Å². The summed E-state index contributed by atoms with van der Waals surface area (Å²) < 4.78 is 5.24. The fraction of sp³-hybridized carbons (Fsp3) is 0.0625. The fourth-order valence-corrected chi connectivity index (χ4v) is 2.76. The molecule has 0 fully saturated rings. The molecule has 0 atom stereocenters. The summed E-state index contributed by atoms with van der Waals surface area (Å²) in [5, 5.41) is 3.29. The monoisotopic (exact) mass is 330 g/mol. The highest BCUT2D eigenvalue weighted by Gasteiger charge is 2.11. The Morgan fingerprint density at radius 3 is 2.77 bits per heavy atom. The number of ether oxygens (including phenoxy) is 1. The highest BCUT2D eigenvalue weighted by Crippen LogP contribution is 2.23. The molecule has 0 spiro atoms. The second-order valence-corrected chi connectivity index (χ2v) is 5.79. The highest BCUT2D eigenvalue weighted by molar-refractivity contribution is 7.13. The van der Waals surface area contributed by atoms with Crippen LogP contribution < -0.4 is 4.74 Å². The normalized spacial score (nSPS) is 10.4. The number of esters is 1. The summed E-state index contributed by atoms with van der Waals surface area (Å²) in [6.45, 7) is 0. The molecule has 2 aromatic heterocycles. The minimum Gasteiger partial charge on any atom is -0.426 e. The Morgan fingerprint density at radius 2 is 2.05 bits per heavy atom. The number of benzene rings is 1. The van der Waals surface area contributed by atoms with E-state index in [0.29, 0.717) is 16.5 Å². The molecule has 0 aliphatic rings. The molecule has 0 bridgehead atoms. The van der Waals surface area contributed by atoms with E-state index in [0.717, 1.165) is 10.6 Å². The van der Waals surface area contributed by atoms with Crippen molar-refractivity contribution in [2.45, 2.75) is 6.42 Å². The van der Waals surface area contributed by atoms with Crippen LogP contribution in [0, 0.1) is 0 Å². The van der Waals surface area contributed by atoms with Crippen molar-refractivity contribution < 1.29 is 9.53 Å². The lowest BCUT2D eigenvalue weighted by molar-refractivity contribution is -0.133. The maximum absolute atomic E-state index is 11.9. The molecular weight excluding hydrogens is 320 g/mol. The molecule has 110 valence electrons. The predicted octanol–water partition coefficient (Wildman–Crippen LogP) is 4.01. The van der Waals surface area contributed by atoms with E-state index >= 15 is 0 Å². The summed E-state index contributed by atoms with van der Waals surface area (Å²) in [7, 11) is 0. The summed E-state index contributed by atoms with van der Waals surface area (Å²) in [5.74, 6) is 0.113. The lowest BCUT2D eigenvalue weighted by atomic mass is 10.3. The zero-order valence-corrected chi connectivity index (χ0v) is 13.0. The minimum absolute atomic E-state index is 0.124. The molecule has 3 aromatic rings.